The number of rotatable bonds is 3. The number of ketones is 1. The van der Waals surface area contributed by atoms with Gasteiger partial charge in [-0.1, -0.05) is 24.3 Å². The second-order valence-corrected chi connectivity index (χ2v) is 5.66. The zero-order valence-electron chi connectivity index (χ0n) is 10.8. The number of aryl methyl sites for hydroxylation is 1. The third-order valence-electron chi connectivity index (χ3n) is 3.32. The zero-order chi connectivity index (χ0) is 13.2. The van der Waals surface area contributed by atoms with Crippen LogP contribution in [0.1, 0.15) is 33.8 Å². The van der Waals surface area contributed by atoms with Crippen molar-refractivity contribution in [3.05, 3.63) is 40.4 Å². The summed E-state index contributed by atoms with van der Waals surface area (Å²) in [6.07, 6.45) is 2.51. The fourth-order valence-corrected chi connectivity index (χ4v) is 3.53. The van der Waals surface area contributed by atoms with Crippen LogP contribution in [0, 0.1) is 0 Å². The Morgan fingerprint density at radius 3 is 2.95 bits per heavy atom. The van der Waals surface area contributed by atoms with E-state index < -0.39 is 0 Å². The van der Waals surface area contributed by atoms with E-state index >= 15 is 0 Å². The van der Waals surface area contributed by atoms with Crippen molar-refractivity contribution >= 4 is 17.1 Å². The lowest BCUT2D eigenvalue weighted by molar-refractivity contribution is 0.0976. The van der Waals surface area contributed by atoms with Crippen molar-refractivity contribution in [2.45, 2.75) is 25.9 Å². The first kappa shape index (κ1) is 12.5. The van der Waals surface area contributed by atoms with Crippen molar-refractivity contribution in [1.29, 1.82) is 0 Å². The Kier molecular flexibility index (Phi) is 3.44. The van der Waals surface area contributed by atoms with Gasteiger partial charge in [-0.3, -0.25) is 4.79 Å². The number of Topliss-reactive ketones (excluding diaryl/α,β-unsaturated/α-hetero) is 1. The predicted molar refractivity (Wildman–Crippen MR) is 75.5 cm³/mol. The van der Waals surface area contributed by atoms with Crippen molar-refractivity contribution in [3.63, 3.8) is 0 Å². The average Bonchev–Trinajstić information content (AvgIpc) is 2.85. The van der Waals surface area contributed by atoms with Crippen molar-refractivity contribution in [2.24, 2.45) is 0 Å². The molecule has 0 aliphatic heterocycles. The molecule has 1 aliphatic carbocycles. The van der Waals surface area contributed by atoms with Gasteiger partial charge in [-0.25, -0.2) is 4.98 Å². The highest BCUT2D eigenvalue weighted by Crippen LogP contribution is 2.34. The lowest BCUT2D eigenvalue weighted by atomic mass is 10.0. The number of carbonyl (C=O) groups is 1. The van der Waals surface area contributed by atoms with Gasteiger partial charge < -0.3 is 4.74 Å². The first-order valence-corrected chi connectivity index (χ1v) is 7.21. The van der Waals surface area contributed by atoms with Gasteiger partial charge in [-0.2, -0.15) is 0 Å². The maximum absolute atomic E-state index is 11.9. The molecular formula is C15H15NO2S. The number of carbonyl (C=O) groups excluding carboxylic acids is 1. The van der Waals surface area contributed by atoms with Gasteiger partial charge in [0.2, 0.25) is 0 Å². The number of hydrogen-bond acceptors (Lipinski definition) is 4. The van der Waals surface area contributed by atoms with E-state index in [1.807, 2.05) is 24.3 Å². The molecule has 1 aliphatic rings. The van der Waals surface area contributed by atoms with Crippen LogP contribution in [0.2, 0.25) is 0 Å². The summed E-state index contributed by atoms with van der Waals surface area (Å²) in [5, 5.41) is 0.938. The SMILES string of the molecule is COCc1ccccc1-c1nc2c(s1)C(=O)CCC2. The van der Waals surface area contributed by atoms with E-state index in [9.17, 15) is 4.79 Å². The maximum Gasteiger partial charge on any atom is 0.174 e. The molecule has 1 aromatic carbocycles. The van der Waals surface area contributed by atoms with Crippen LogP contribution in [-0.2, 0) is 17.8 Å². The Balaban J connectivity index is 2.05. The van der Waals surface area contributed by atoms with Gasteiger partial charge in [0.05, 0.1) is 17.2 Å². The van der Waals surface area contributed by atoms with Crippen LogP contribution in [0.5, 0.6) is 0 Å². The summed E-state index contributed by atoms with van der Waals surface area (Å²) >= 11 is 1.52. The quantitative estimate of drug-likeness (QED) is 0.859. The Bertz CT molecular complexity index is 618. The molecule has 0 atom stereocenters. The number of hydrogen-bond donors (Lipinski definition) is 0. The molecule has 3 nitrogen and oxygen atoms in total. The molecule has 1 aromatic heterocycles. The molecule has 1 heterocycles. The minimum absolute atomic E-state index is 0.245. The molecule has 3 rings (SSSR count). The molecule has 19 heavy (non-hydrogen) atoms. The van der Waals surface area contributed by atoms with Crippen LogP contribution in [0.3, 0.4) is 0 Å². The van der Waals surface area contributed by atoms with Gasteiger partial charge >= 0.3 is 0 Å². The van der Waals surface area contributed by atoms with Gasteiger partial charge in [-0.15, -0.1) is 11.3 Å². The number of benzene rings is 1. The summed E-state index contributed by atoms with van der Waals surface area (Å²) < 4.78 is 5.22. The van der Waals surface area contributed by atoms with Crippen LogP contribution in [-0.4, -0.2) is 17.9 Å². The number of methoxy groups -OCH3 is 1. The average molecular weight is 273 g/mol. The third-order valence-corrected chi connectivity index (χ3v) is 4.49. The Morgan fingerprint density at radius 1 is 1.32 bits per heavy atom. The first-order chi connectivity index (χ1) is 9.29. The molecule has 0 saturated heterocycles. The lowest BCUT2D eigenvalue weighted by Crippen LogP contribution is -2.07. The standard InChI is InChI=1S/C15H15NO2S/c1-18-9-10-5-2-3-6-11(10)15-16-12-7-4-8-13(17)14(12)19-15/h2-3,5-6H,4,7-9H2,1H3. The van der Waals surface area contributed by atoms with Crippen molar-refractivity contribution in [2.75, 3.05) is 7.11 Å². The Morgan fingerprint density at radius 2 is 2.16 bits per heavy atom. The largest absolute Gasteiger partial charge is 0.380 e. The summed E-state index contributed by atoms with van der Waals surface area (Å²) in [5.41, 5.74) is 3.17. The number of ether oxygens (including phenoxy) is 1. The van der Waals surface area contributed by atoms with E-state index in [1.54, 1.807) is 7.11 Å². The summed E-state index contributed by atoms with van der Waals surface area (Å²) in [6, 6.07) is 8.08. The topological polar surface area (TPSA) is 39.2 Å². The van der Waals surface area contributed by atoms with E-state index in [0.717, 1.165) is 39.5 Å². The van der Waals surface area contributed by atoms with E-state index in [2.05, 4.69) is 4.98 Å². The zero-order valence-corrected chi connectivity index (χ0v) is 11.6. The van der Waals surface area contributed by atoms with Crippen molar-refractivity contribution < 1.29 is 9.53 Å². The highest BCUT2D eigenvalue weighted by Gasteiger charge is 2.23. The Labute approximate surface area is 116 Å². The molecule has 0 saturated carbocycles. The first-order valence-electron chi connectivity index (χ1n) is 6.39. The number of nitrogens with zero attached hydrogens (tertiary/aromatic N) is 1. The summed E-state index contributed by atoms with van der Waals surface area (Å²) in [4.78, 5) is 17.4. The van der Waals surface area contributed by atoms with Gasteiger partial charge in [0.25, 0.3) is 0 Å². The van der Waals surface area contributed by atoms with Crippen LogP contribution >= 0.6 is 11.3 Å². The van der Waals surface area contributed by atoms with Gasteiger partial charge in [0.1, 0.15) is 5.01 Å². The van der Waals surface area contributed by atoms with E-state index in [-0.39, 0.29) is 5.78 Å². The van der Waals surface area contributed by atoms with Crippen LogP contribution in [0.15, 0.2) is 24.3 Å². The number of fused-ring (bicyclic) bond motifs is 1. The minimum atomic E-state index is 0.245. The molecule has 4 heteroatoms. The van der Waals surface area contributed by atoms with Gasteiger partial charge in [0.15, 0.2) is 5.78 Å². The minimum Gasteiger partial charge on any atom is -0.380 e. The molecule has 0 N–H and O–H groups in total. The molecule has 0 radical (unpaired) electrons. The van der Waals surface area contributed by atoms with Gasteiger partial charge in [0, 0.05) is 19.1 Å². The highest BCUT2D eigenvalue weighted by atomic mass is 32.1. The van der Waals surface area contributed by atoms with Crippen molar-refractivity contribution in [3.8, 4) is 10.6 Å². The monoisotopic (exact) mass is 273 g/mol. The molecule has 0 spiro atoms. The molecule has 2 aromatic rings. The molecule has 0 fully saturated rings. The van der Waals surface area contributed by atoms with E-state index in [4.69, 9.17) is 4.74 Å². The maximum atomic E-state index is 11.9. The van der Waals surface area contributed by atoms with E-state index in [0.29, 0.717) is 13.0 Å². The van der Waals surface area contributed by atoms with Gasteiger partial charge in [-0.05, 0) is 18.4 Å². The number of aromatic nitrogens is 1. The summed E-state index contributed by atoms with van der Waals surface area (Å²) in [7, 11) is 1.69. The second-order valence-electron chi connectivity index (χ2n) is 4.66. The van der Waals surface area contributed by atoms with Crippen LogP contribution < -0.4 is 0 Å². The summed E-state index contributed by atoms with van der Waals surface area (Å²) in [6.45, 7) is 0.564. The summed E-state index contributed by atoms with van der Waals surface area (Å²) in [5.74, 6) is 0.245. The fraction of sp³-hybridized carbons (Fsp3) is 0.333. The second kappa shape index (κ2) is 5.23. The smallest absolute Gasteiger partial charge is 0.174 e. The molecule has 0 unspecified atom stereocenters. The van der Waals surface area contributed by atoms with E-state index in [1.165, 1.54) is 11.3 Å². The van der Waals surface area contributed by atoms with Crippen LogP contribution in [0.25, 0.3) is 10.6 Å². The predicted octanol–water partition coefficient (Wildman–Crippen LogP) is 3.48. The normalized spacial score (nSPS) is 14.5. The molecule has 0 amide bonds. The molecule has 98 valence electrons. The fourth-order valence-electron chi connectivity index (χ4n) is 2.39. The Hall–Kier alpha value is -1.52. The highest BCUT2D eigenvalue weighted by molar-refractivity contribution is 7.17. The number of thiazole rings is 1. The van der Waals surface area contributed by atoms with Crippen LogP contribution in [0.4, 0.5) is 0 Å². The lowest BCUT2D eigenvalue weighted by Gasteiger charge is -2.06. The van der Waals surface area contributed by atoms with Crippen molar-refractivity contribution in [1.82, 2.24) is 4.98 Å². The molecule has 0 bridgehead atoms. The molecular weight excluding hydrogens is 258 g/mol. The third kappa shape index (κ3) is 2.33.